The van der Waals surface area contributed by atoms with Gasteiger partial charge in [0.15, 0.2) is 0 Å². The van der Waals surface area contributed by atoms with Crippen molar-refractivity contribution in [2.45, 2.75) is 57.2 Å². The van der Waals surface area contributed by atoms with Crippen molar-refractivity contribution >= 4 is 35.0 Å². The first-order chi connectivity index (χ1) is 15.0. The molecule has 2 amide bonds. The van der Waals surface area contributed by atoms with Crippen molar-refractivity contribution in [2.75, 3.05) is 5.88 Å². The van der Waals surface area contributed by atoms with Crippen molar-refractivity contribution in [2.24, 2.45) is 0 Å². The number of amides is 2. The van der Waals surface area contributed by atoms with Gasteiger partial charge in [-0.05, 0) is 48.2 Å². The maximum atomic E-state index is 13.5. The summed E-state index contributed by atoms with van der Waals surface area (Å²) in [6.07, 6.45) is 6.37. The molecule has 0 radical (unpaired) electrons. The molecule has 0 heterocycles. The Bertz CT molecular complexity index is 866. The fraction of sp³-hybridized carbons (Fsp3) is 0.417. The summed E-state index contributed by atoms with van der Waals surface area (Å²) in [5.74, 6) is -1.24. The second-order valence-electron chi connectivity index (χ2n) is 7.93. The number of benzene rings is 2. The quantitative estimate of drug-likeness (QED) is 0.426. The van der Waals surface area contributed by atoms with Gasteiger partial charge in [0, 0.05) is 17.6 Å². The highest BCUT2D eigenvalue weighted by molar-refractivity contribution is 6.30. The van der Waals surface area contributed by atoms with Crippen molar-refractivity contribution in [3.05, 3.63) is 70.5 Å². The van der Waals surface area contributed by atoms with Crippen LogP contribution in [0.4, 0.5) is 4.39 Å². The van der Waals surface area contributed by atoms with Gasteiger partial charge in [0.05, 0.1) is 0 Å². The Balaban J connectivity index is 1.92. The highest BCUT2D eigenvalue weighted by atomic mass is 35.5. The Labute approximate surface area is 192 Å². The third kappa shape index (κ3) is 6.68. The lowest BCUT2D eigenvalue weighted by molar-refractivity contribution is -0.140. The van der Waals surface area contributed by atoms with E-state index >= 15 is 0 Å². The minimum atomic E-state index is -0.864. The van der Waals surface area contributed by atoms with Gasteiger partial charge in [-0.25, -0.2) is 4.39 Å². The molecule has 0 saturated heterocycles. The van der Waals surface area contributed by atoms with Gasteiger partial charge in [0.1, 0.15) is 17.7 Å². The minimum absolute atomic E-state index is 0.0866. The van der Waals surface area contributed by atoms with Crippen LogP contribution in [0, 0.1) is 5.82 Å². The maximum Gasteiger partial charge on any atom is 0.247 e. The van der Waals surface area contributed by atoms with Gasteiger partial charge in [0.25, 0.3) is 0 Å². The van der Waals surface area contributed by atoms with E-state index in [2.05, 4.69) is 5.32 Å². The summed E-state index contributed by atoms with van der Waals surface area (Å²) in [4.78, 5) is 27.8. The van der Waals surface area contributed by atoms with Crippen molar-refractivity contribution in [1.29, 1.82) is 0 Å². The first kappa shape index (κ1) is 23.6. The Kier molecular flexibility index (Phi) is 8.73. The predicted octanol–water partition coefficient (Wildman–Crippen LogP) is 5.63. The summed E-state index contributed by atoms with van der Waals surface area (Å²) >= 11 is 12.0. The molecule has 2 aromatic carbocycles. The van der Waals surface area contributed by atoms with E-state index in [1.807, 2.05) is 0 Å². The normalized spacial score (nSPS) is 15.7. The number of nitrogens with one attached hydrogen (secondary N) is 1. The van der Waals surface area contributed by atoms with Gasteiger partial charge >= 0.3 is 0 Å². The third-order valence-corrected chi connectivity index (χ3v) is 6.13. The highest BCUT2D eigenvalue weighted by Gasteiger charge is 2.32. The summed E-state index contributed by atoms with van der Waals surface area (Å²) in [5, 5.41) is 3.70. The Morgan fingerprint density at radius 1 is 1.00 bits per heavy atom. The molecule has 1 aliphatic carbocycles. The largest absolute Gasteiger partial charge is 0.351 e. The van der Waals surface area contributed by atoms with Gasteiger partial charge < -0.3 is 10.2 Å². The number of rotatable bonds is 7. The summed E-state index contributed by atoms with van der Waals surface area (Å²) < 4.78 is 13.4. The van der Waals surface area contributed by atoms with E-state index in [1.165, 1.54) is 29.9 Å². The fourth-order valence-electron chi connectivity index (χ4n) is 4.01. The smallest absolute Gasteiger partial charge is 0.247 e. The molecule has 0 bridgehead atoms. The molecular formula is C24H27Cl2FN2O2. The van der Waals surface area contributed by atoms with Crippen LogP contribution in [0.3, 0.4) is 0 Å². The zero-order valence-corrected chi connectivity index (χ0v) is 18.8. The second kappa shape index (κ2) is 11.5. The average Bonchev–Trinajstić information content (AvgIpc) is 3.04. The molecule has 1 aliphatic rings. The molecule has 2 aromatic rings. The van der Waals surface area contributed by atoms with Crippen LogP contribution in [0.25, 0.3) is 0 Å². The second-order valence-corrected chi connectivity index (χ2v) is 8.64. The molecule has 1 fully saturated rings. The van der Waals surface area contributed by atoms with E-state index in [-0.39, 0.29) is 36.1 Å². The average molecular weight is 465 g/mol. The minimum Gasteiger partial charge on any atom is -0.351 e. The molecule has 0 spiro atoms. The van der Waals surface area contributed by atoms with Gasteiger partial charge in [-0.2, -0.15) is 0 Å². The fourth-order valence-corrected chi connectivity index (χ4v) is 4.29. The molecule has 1 saturated carbocycles. The van der Waals surface area contributed by atoms with E-state index in [0.717, 1.165) is 25.7 Å². The lowest BCUT2D eigenvalue weighted by Crippen LogP contribution is -2.46. The summed E-state index contributed by atoms with van der Waals surface area (Å²) in [5.41, 5.74) is 1.36. The zero-order valence-electron chi connectivity index (χ0n) is 17.3. The van der Waals surface area contributed by atoms with E-state index in [4.69, 9.17) is 23.2 Å². The topological polar surface area (TPSA) is 49.4 Å². The van der Waals surface area contributed by atoms with E-state index in [9.17, 15) is 14.0 Å². The number of hydrogen-bond donors (Lipinski definition) is 1. The lowest BCUT2D eigenvalue weighted by atomic mass is 10.0. The van der Waals surface area contributed by atoms with E-state index in [0.29, 0.717) is 16.1 Å². The van der Waals surface area contributed by atoms with Crippen LogP contribution in [0.5, 0.6) is 0 Å². The molecule has 0 aliphatic heterocycles. The molecule has 7 heteroatoms. The zero-order chi connectivity index (χ0) is 22.2. The molecule has 166 valence electrons. The monoisotopic (exact) mass is 464 g/mol. The van der Waals surface area contributed by atoms with Crippen LogP contribution in [0.1, 0.15) is 55.7 Å². The predicted molar refractivity (Wildman–Crippen MR) is 121 cm³/mol. The van der Waals surface area contributed by atoms with Crippen LogP contribution in [0.15, 0.2) is 48.5 Å². The third-order valence-electron chi connectivity index (χ3n) is 5.65. The number of halogens is 3. The summed E-state index contributed by atoms with van der Waals surface area (Å²) in [6, 6.07) is 12.0. The number of carbonyl (C=O) groups is 2. The first-order valence-corrected chi connectivity index (χ1v) is 11.5. The molecule has 3 rings (SSSR count). The Morgan fingerprint density at radius 2 is 1.61 bits per heavy atom. The summed E-state index contributed by atoms with van der Waals surface area (Å²) in [7, 11) is 0. The molecule has 1 N–H and O–H groups in total. The van der Waals surface area contributed by atoms with E-state index < -0.39 is 6.04 Å². The SMILES string of the molecule is O=C(NC1CCCCCC1)[C@@H](c1ccc(Cl)cc1)N(Cc1ccc(F)cc1)C(=O)CCl. The number of hydrogen-bond acceptors (Lipinski definition) is 2. The molecule has 1 atom stereocenters. The highest BCUT2D eigenvalue weighted by Crippen LogP contribution is 2.27. The Morgan fingerprint density at radius 3 is 2.19 bits per heavy atom. The first-order valence-electron chi connectivity index (χ1n) is 10.6. The van der Waals surface area contributed by atoms with Gasteiger partial charge in [-0.1, -0.05) is 61.5 Å². The van der Waals surface area contributed by atoms with Crippen LogP contribution in [-0.2, 0) is 16.1 Å². The number of alkyl halides is 1. The molecular weight excluding hydrogens is 438 g/mol. The molecule has 4 nitrogen and oxygen atoms in total. The molecule has 0 aromatic heterocycles. The maximum absolute atomic E-state index is 13.5. The van der Waals surface area contributed by atoms with Crippen molar-refractivity contribution in [3.8, 4) is 0 Å². The summed E-state index contributed by atoms with van der Waals surface area (Å²) in [6.45, 7) is 0.136. The van der Waals surface area contributed by atoms with Crippen LogP contribution in [0.2, 0.25) is 5.02 Å². The van der Waals surface area contributed by atoms with Gasteiger partial charge in [-0.3, -0.25) is 9.59 Å². The standard InChI is InChI=1S/C24H27Cl2FN2O2/c25-15-22(30)29(16-17-7-13-20(27)14-8-17)23(18-9-11-19(26)12-10-18)24(31)28-21-5-3-1-2-4-6-21/h7-14,21,23H,1-6,15-16H2,(H,28,31)/t23-/m1/s1. The van der Waals surface area contributed by atoms with Crippen molar-refractivity contribution < 1.29 is 14.0 Å². The van der Waals surface area contributed by atoms with Crippen LogP contribution >= 0.6 is 23.2 Å². The van der Waals surface area contributed by atoms with Crippen LogP contribution < -0.4 is 5.32 Å². The number of carbonyl (C=O) groups excluding carboxylic acids is 2. The van der Waals surface area contributed by atoms with Gasteiger partial charge in [0.2, 0.25) is 11.8 Å². The Hall–Kier alpha value is -2.11. The van der Waals surface area contributed by atoms with Crippen molar-refractivity contribution in [3.63, 3.8) is 0 Å². The van der Waals surface area contributed by atoms with Gasteiger partial charge in [-0.15, -0.1) is 11.6 Å². The van der Waals surface area contributed by atoms with E-state index in [1.54, 1.807) is 36.4 Å². The lowest BCUT2D eigenvalue weighted by Gasteiger charge is -2.32. The van der Waals surface area contributed by atoms with Crippen LogP contribution in [-0.4, -0.2) is 28.6 Å². The molecule has 0 unspecified atom stereocenters. The van der Waals surface area contributed by atoms with Crippen molar-refractivity contribution in [1.82, 2.24) is 10.2 Å². The molecule has 31 heavy (non-hydrogen) atoms. The number of nitrogens with zero attached hydrogens (tertiary/aromatic N) is 1.